The van der Waals surface area contributed by atoms with E-state index in [1.54, 1.807) is 0 Å². The Balaban J connectivity index is 3.33. The second kappa shape index (κ2) is 3.27. The summed E-state index contributed by atoms with van der Waals surface area (Å²) in [6.07, 6.45) is 0.777. The molecule has 1 aromatic heterocycles. The molecule has 0 aliphatic rings. The Morgan fingerprint density at radius 2 is 2.17 bits per heavy atom. The number of nitrogens with zero attached hydrogens (tertiary/aromatic N) is 1. The highest BCUT2D eigenvalue weighted by Crippen LogP contribution is 2.19. The molecule has 0 radical (unpaired) electrons. The minimum Gasteiger partial charge on any atom is -0.240 e. The SMILES string of the molecule is O=S(=O)(Cl)c1cc(Br)c(F)cn1. The lowest BCUT2D eigenvalue weighted by Crippen LogP contribution is -1.95. The zero-order valence-electron chi connectivity index (χ0n) is 5.46. The van der Waals surface area contributed by atoms with Crippen LogP contribution in [0.1, 0.15) is 0 Å². The fourth-order valence-corrected chi connectivity index (χ4v) is 1.69. The summed E-state index contributed by atoms with van der Waals surface area (Å²) >= 11 is 2.80. The third-order valence-electron chi connectivity index (χ3n) is 1.03. The number of hydrogen-bond donors (Lipinski definition) is 0. The van der Waals surface area contributed by atoms with E-state index in [2.05, 4.69) is 20.9 Å². The maximum Gasteiger partial charge on any atom is 0.278 e. The summed E-state index contributed by atoms with van der Waals surface area (Å²) in [5, 5.41) is -0.377. The topological polar surface area (TPSA) is 47.0 Å². The molecule has 7 heteroatoms. The smallest absolute Gasteiger partial charge is 0.240 e. The van der Waals surface area contributed by atoms with Crippen LogP contribution in [0, 0.1) is 5.82 Å². The normalized spacial score (nSPS) is 11.6. The minimum absolute atomic E-state index is 0.0109. The molecular weight excluding hydrogens is 272 g/mol. The molecule has 0 spiro atoms. The van der Waals surface area contributed by atoms with Gasteiger partial charge in [-0.15, -0.1) is 0 Å². The highest BCUT2D eigenvalue weighted by molar-refractivity contribution is 9.10. The Labute approximate surface area is 81.1 Å². The summed E-state index contributed by atoms with van der Waals surface area (Å²) in [5.74, 6) is -0.640. The first-order chi connectivity index (χ1) is 5.41. The van der Waals surface area contributed by atoms with Crippen molar-refractivity contribution >= 4 is 35.7 Å². The summed E-state index contributed by atoms with van der Waals surface area (Å²) in [7, 11) is 1.07. The Morgan fingerprint density at radius 1 is 1.58 bits per heavy atom. The van der Waals surface area contributed by atoms with Crippen molar-refractivity contribution < 1.29 is 12.8 Å². The van der Waals surface area contributed by atoms with E-state index in [0.717, 1.165) is 12.3 Å². The van der Waals surface area contributed by atoms with Crippen LogP contribution < -0.4 is 0 Å². The number of rotatable bonds is 1. The summed E-state index contributed by atoms with van der Waals surface area (Å²) in [6, 6.07) is 0.998. The molecule has 0 fully saturated rings. The maximum absolute atomic E-state index is 12.5. The number of halogens is 3. The lowest BCUT2D eigenvalue weighted by molar-refractivity contribution is 0.596. The van der Waals surface area contributed by atoms with Crippen molar-refractivity contribution in [3.8, 4) is 0 Å². The molecule has 1 heterocycles. The van der Waals surface area contributed by atoms with Crippen LogP contribution in [-0.2, 0) is 9.05 Å². The van der Waals surface area contributed by atoms with E-state index < -0.39 is 14.9 Å². The molecule has 0 amide bonds. The fourth-order valence-electron chi connectivity index (χ4n) is 0.530. The molecule has 3 nitrogen and oxygen atoms in total. The molecule has 1 rings (SSSR count). The first kappa shape index (κ1) is 9.88. The van der Waals surface area contributed by atoms with Crippen LogP contribution in [-0.4, -0.2) is 13.4 Å². The Hall–Kier alpha value is -0.200. The lowest BCUT2D eigenvalue weighted by atomic mass is 10.5. The maximum atomic E-state index is 12.5. The predicted molar refractivity (Wildman–Crippen MR) is 44.9 cm³/mol. The highest BCUT2D eigenvalue weighted by Gasteiger charge is 2.13. The zero-order chi connectivity index (χ0) is 9.35. The number of pyridine rings is 1. The third-order valence-corrected chi connectivity index (χ3v) is 2.84. The molecule has 66 valence electrons. The van der Waals surface area contributed by atoms with Crippen molar-refractivity contribution in [1.29, 1.82) is 0 Å². The van der Waals surface area contributed by atoms with Crippen LogP contribution >= 0.6 is 26.6 Å². The summed E-state index contributed by atoms with van der Waals surface area (Å²) in [4.78, 5) is 3.29. The largest absolute Gasteiger partial charge is 0.278 e. The molecule has 12 heavy (non-hydrogen) atoms. The van der Waals surface area contributed by atoms with Crippen LogP contribution in [0.3, 0.4) is 0 Å². The second-order valence-electron chi connectivity index (χ2n) is 1.87. The van der Waals surface area contributed by atoms with Gasteiger partial charge in [-0.25, -0.2) is 17.8 Å². The molecule has 1 aromatic rings. The molecule has 0 unspecified atom stereocenters. The van der Waals surface area contributed by atoms with Gasteiger partial charge in [0.2, 0.25) is 0 Å². The second-order valence-corrected chi connectivity index (χ2v) is 5.24. The van der Waals surface area contributed by atoms with E-state index in [9.17, 15) is 12.8 Å². The predicted octanol–water partition coefficient (Wildman–Crippen LogP) is 1.91. The van der Waals surface area contributed by atoms with Crippen LogP contribution in [0.2, 0.25) is 0 Å². The van der Waals surface area contributed by atoms with E-state index in [-0.39, 0.29) is 9.50 Å². The standard InChI is InChI=1S/C5H2BrClFNO2S/c6-3-1-5(12(7,10)11)9-2-4(3)8/h1-2H. The van der Waals surface area contributed by atoms with Crippen molar-refractivity contribution in [2.75, 3.05) is 0 Å². The van der Waals surface area contributed by atoms with Gasteiger partial charge in [-0.2, -0.15) is 0 Å². The quantitative estimate of drug-likeness (QED) is 0.735. The average Bonchev–Trinajstić information content (AvgIpc) is 1.92. The van der Waals surface area contributed by atoms with Crippen LogP contribution in [0.4, 0.5) is 4.39 Å². The third kappa shape index (κ3) is 2.15. The van der Waals surface area contributed by atoms with Crippen molar-refractivity contribution in [3.05, 3.63) is 22.6 Å². The van der Waals surface area contributed by atoms with Crippen molar-refractivity contribution in [3.63, 3.8) is 0 Å². The molecular formula is C5H2BrClFNO2S. The van der Waals surface area contributed by atoms with Crippen molar-refractivity contribution in [1.82, 2.24) is 4.98 Å². The van der Waals surface area contributed by atoms with Crippen molar-refractivity contribution in [2.24, 2.45) is 0 Å². The number of aromatic nitrogens is 1. The van der Waals surface area contributed by atoms with E-state index >= 15 is 0 Å². The van der Waals surface area contributed by atoms with Gasteiger partial charge in [-0.1, -0.05) is 0 Å². The fraction of sp³-hybridized carbons (Fsp3) is 0. The van der Waals surface area contributed by atoms with Gasteiger partial charge in [0.05, 0.1) is 10.7 Å². The first-order valence-electron chi connectivity index (χ1n) is 2.67. The van der Waals surface area contributed by atoms with Gasteiger partial charge in [0.1, 0.15) is 0 Å². The number of hydrogen-bond acceptors (Lipinski definition) is 3. The van der Waals surface area contributed by atoms with Crippen LogP contribution in [0.5, 0.6) is 0 Å². The minimum atomic E-state index is -3.88. The van der Waals surface area contributed by atoms with Crippen molar-refractivity contribution in [2.45, 2.75) is 5.03 Å². The molecule has 0 aromatic carbocycles. The van der Waals surface area contributed by atoms with Gasteiger partial charge in [0.15, 0.2) is 10.8 Å². The van der Waals surface area contributed by atoms with E-state index in [1.807, 2.05) is 0 Å². The molecule has 0 N–H and O–H groups in total. The summed E-state index contributed by atoms with van der Waals surface area (Å²) in [6.45, 7) is 0. The van der Waals surface area contributed by atoms with Crippen LogP contribution in [0.15, 0.2) is 21.8 Å². The Kier molecular flexibility index (Phi) is 2.70. The van der Waals surface area contributed by atoms with Gasteiger partial charge >= 0.3 is 0 Å². The van der Waals surface area contributed by atoms with Gasteiger partial charge < -0.3 is 0 Å². The molecule has 0 bridgehead atoms. The highest BCUT2D eigenvalue weighted by atomic mass is 79.9. The molecule has 0 atom stereocenters. The molecule has 0 saturated heterocycles. The monoisotopic (exact) mass is 273 g/mol. The summed E-state index contributed by atoms with van der Waals surface area (Å²) < 4.78 is 33.9. The van der Waals surface area contributed by atoms with E-state index in [4.69, 9.17) is 10.7 Å². The molecule has 0 aliphatic carbocycles. The molecule has 0 saturated carbocycles. The van der Waals surface area contributed by atoms with E-state index in [0.29, 0.717) is 0 Å². The Morgan fingerprint density at radius 3 is 2.58 bits per heavy atom. The Bertz CT molecular complexity index is 408. The summed E-state index contributed by atoms with van der Waals surface area (Å²) in [5.41, 5.74) is 0. The van der Waals surface area contributed by atoms with Gasteiger partial charge in [0.25, 0.3) is 9.05 Å². The zero-order valence-corrected chi connectivity index (χ0v) is 8.62. The van der Waals surface area contributed by atoms with Gasteiger partial charge in [-0.3, -0.25) is 0 Å². The molecule has 0 aliphatic heterocycles. The van der Waals surface area contributed by atoms with E-state index in [1.165, 1.54) is 0 Å². The van der Waals surface area contributed by atoms with Gasteiger partial charge in [0, 0.05) is 10.7 Å². The van der Waals surface area contributed by atoms with Crippen LogP contribution in [0.25, 0.3) is 0 Å². The lowest BCUT2D eigenvalue weighted by Gasteiger charge is -1.96. The van der Waals surface area contributed by atoms with Gasteiger partial charge in [-0.05, 0) is 22.0 Å². The first-order valence-corrected chi connectivity index (χ1v) is 5.77. The average molecular weight is 274 g/mol.